The maximum absolute atomic E-state index is 12.4. The molecule has 0 bridgehead atoms. The Morgan fingerprint density at radius 2 is 2.32 bits per heavy atom. The second-order valence-electron chi connectivity index (χ2n) is 5.31. The third-order valence-corrected chi connectivity index (χ3v) is 3.51. The van der Waals surface area contributed by atoms with Gasteiger partial charge in [-0.2, -0.15) is 0 Å². The van der Waals surface area contributed by atoms with Gasteiger partial charge in [-0.15, -0.1) is 12.4 Å². The van der Waals surface area contributed by atoms with Gasteiger partial charge >= 0.3 is 0 Å². The number of hydrogen-bond acceptors (Lipinski definition) is 4. The molecule has 6 heteroatoms. The van der Waals surface area contributed by atoms with E-state index in [9.17, 15) is 4.79 Å². The summed E-state index contributed by atoms with van der Waals surface area (Å²) in [6, 6.07) is 1.86. The highest BCUT2D eigenvalue weighted by atomic mass is 35.5. The van der Waals surface area contributed by atoms with Gasteiger partial charge in [0.25, 0.3) is 0 Å². The third-order valence-electron chi connectivity index (χ3n) is 3.51. The zero-order chi connectivity index (χ0) is 13.2. The molecule has 1 N–H and O–H groups in total. The molecule has 0 spiro atoms. The summed E-state index contributed by atoms with van der Waals surface area (Å²) in [6.07, 6.45) is 3.15. The van der Waals surface area contributed by atoms with Crippen LogP contribution in [0.3, 0.4) is 0 Å². The summed E-state index contributed by atoms with van der Waals surface area (Å²) in [7, 11) is 1.81. The summed E-state index contributed by atoms with van der Waals surface area (Å²) in [4.78, 5) is 14.2. The fourth-order valence-corrected chi connectivity index (χ4v) is 2.47. The number of aromatic nitrogens is 1. The van der Waals surface area contributed by atoms with Crippen LogP contribution in [0.15, 0.2) is 10.6 Å². The van der Waals surface area contributed by atoms with Crippen LogP contribution in [-0.4, -0.2) is 35.1 Å². The van der Waals surface area contributed by atoms with Crippen molar-refractivity contribution in [2.45, 2.75) is 45.2 Å². The van der Waals surface area contributed by atoms with Crippen molar-refractivity contribution >= 4 is 18.3 Å². The van der Waals surface area contributed by atoms with E-state index in [1.54, 1.807) is 4.90 Å². The number of aryl methyl sites for hydroxylation is 1. The molecule has 1 aromatic heterocycles. The van der Waals surface area contributed by atoms with E-state index in [-0.39, 0.29) is 18.3 Å². The molecule has 5 nitrogen and oxygen atoms in total. The molecule has 1 fully saturated rings. The average Bonchev–Trinajstić information content (AvgIpc) is 2.74. The lowest BCUT2D eigenvalue weighted by Gasteiger charge is -2.36. The number of piperidine rings is 1. The van der Waals surface area contributed by atoms with Crippen LogP contribution < -0.4 is 5.32 Å². The topological polar surface area (TPSA) is 58.4 Å². The van der Waals surface area contributed by atoms with Gasteiger partial charge in [-0.05, 0) is 39.7 Å². The Balaban J connectivity index is 0.00000180. The second-order valence-corrected chi connectivity index (χ2v) is 5.31. The predicted molar refractivity (Wildman–Crippen MR) is 75.2 cm³/mol. The number of amides is 1. The zero-order valence-corrected chi connectivity index (χ0v) is 12.5. The lowest BCUT2D eigenvalue weighted by molar-refractivity contribution is -0.138. The highest BCUT2D eigenvalue weighted by molar-refractivity contribution is 5.86. The van der Waals surface area contributed by atoms with Crippen molar-refractivity contribution in [3.05, 3.63) is 17.5 Å². The van der Waals surface area contributed by atoms with Crippen LogP contribution >= 0.6 is 12.4 Å². The van der Waals surface area contributed by atoms with Gasteiger partial charge in [0.2, 0.25) is 5.91 Å². The molecule has 1 aliphatic rings. The maximum atomic E-state index is 12.4. The number of nitrogens with zero attached hydrogens (tertiary/aromatic N) is 2. The van der Waals surface area contributed by atoms with Crippen LogP contribution in [-0.2, 0) is 11.3 Å². The van der Waals surface area contributed by atoms with Crippen molar-refractivity contribution in [3.8, 4) is 0 Å². The number of carbonyl (C=O) groups excluding carboxylic acids is 1. The van der Waals surface area contributed by atoms with Gasteiger partial charge in [-0.25, -0.2) is 0 Å². The van der Waals surface area contributed by atoms with E-state index in [1.807, 2.05) is 27.0 Å². The van der Waals surface area contributed by atoms with Gasteiger partial charge in [0, 0.05) is 13.1 Å². The summed E-state index contributed by atoms with van der Waals surface area (Å²) in [6.45, 7) is 5.24. The van der Waals surface area contributed by atoms with Crippen LogP contribution in [0.2, 0.25) is 0 Å². The number of carbonyl (C=O) groups is 1. The van der Waals surface area contributed by atoms with Gasteiger partial charge in [0.05, 0.1) is 12.1 Å². The molecule has 1 unspecified atom stereocenters. The van der Waals surface area contributed by atoms with Gasteiger partial charge in [0.1, 0.15) is 11.5 Å². The molecular weight excluding hydrogens is 266 g/mol. The van der Waals surface area contributed by atoms with E-state index < -0.39 is 5.54 Å². The molecule has 108 valence electrons. The van der Waals surface area contributed by atoms with E-state index in [1.165, 1.54) is 0 Å². The van der Waals surface area contributed by atoms with E-state index in [2.05, 4.69) is 10.5 Å². The summed E-state index contributed by atoms with van der Waals surface area (Å²) in [5.41, 5.74) is 0.369. The van der Waals surface area contributed by atoms with Crippen molar-refractivity contribution in [3.63, 3.8) is 0 Å². The highest BCUT2D eigenvalue weighted by Crippen LogP contribution is 2.21. The Bertz CT molecular complexity index is 427. The minimum Gasteiger partial charge on any atom is -0.361 e. The van der Waals surface area contributed by atoms with Gasteiger partial charge in [0.15, 0.2) is 0 Å². The third kappa shape index (κ3) is 3.70. The normalized spacial score (nSPS) is 22.7. The van der Waals surface area contributed by atoms with E-state index in [0.29, 0.717) is 6.54 Å². The standard InChI is InChI=1S/C13H21N3O2.ClH/c1-10-8-11(15-18-10)9-16(3)12(17)13(2)6-4-5-7-14-13;/h8,14H,4-7,9H2,1-3H3;1H. The Morgan fingerprint density at radius 1 is 1.58 bits per heavy atom. The van der Waals surface area contributed by atoms with Crippen LogP contribution in [0.4, 0.5) is 0 Å². The Labute approximate surface area is 120 Å². The summed E-state index contributed by atoms with van der Waals surface area (Å²) in [5.74, 6) is 0.899. The molecule has 2 rings (SSSR count). The summed E-state index contributed by atoms with van der Waals surface area (Å²) in [5, 5.41) is 7.25. The quantitative estimate of drug-likeness (QED) is 0.922. The minimum atomic E-state index is -0.425. The molecule has 1 saturated heterocycles. The smallest absolute Gasteiger partial charge is 0.242 e. The summed E-state index contributed by atoms with van der Waals surface area (Å²) >= 11 is 0. The molecule has 1 aromatic rings. The van der Waals surface area contributed by atoms with Crippen molar-refractivity contribution in [2.24, 2.45) is 0 Å². The molecular formula is C13H22ClN3O2. The maximum Gasteiger partial charge on any atom is 0.242 e. The molecule has 19 heavy (non-hydrogen) atoms. The van der Waals surface area contributed by atoms with Crippen molar-refractivity contribution in [1.82, 2.24) is 15.4 Å². The van der Waals surface area contributed by atoms with E-state index in [0.717, 1.165) is 37.3 Å². The number of likely N-dealkylation sites (N-methyl/N-ethyl adjacent to an activating group) is 1. The fraction of sp³-hybridized carbons (Fsp3) is 0.692. The van der Waals surface area contributed by atoms with E-state index >= 15 is 0 Å². The average molecular weight is 288 g/mol. The first kappa shape index (κ1) is 16.0. The fourth-order valence-electron chi connectivity index (χ4n) is 2.47. The van der Waals surface area contributed by atoms with Crippen LogP contribution in [0, 0.1) is 6.92 Å². The van der Waals surface area contributed by atoms with Crippen molar-refractivity contribution < 1.29 is 9.32 Å². The Hall–Kier alpha value is -1.07. The Morgan fingerprint density at radius 3 is 2.84 bits per heavy atom. The van der Waals surface area contributed by atoms with Gasteiger partial charge in [-0.3, -0.25) is 4.79 Å². The monoisotopic (exact) mass is 287 g/mol. The predicted octanol–water partition coefficient (Wildman–Crippen LogP) is 1.90. The van der Waals surface area contributed by atoms with Crippen LogP contribution in [0.1, 0.15) is 37.6 Å². The van der Waals surface area contributed by atoms with Gasteiger partial charge < -0.3 is 14.7 Å². The lowest BCUT2D eigenvalue weighted by atomic mass is 9.89. The van der Waals surface area contributed by atoms with E-state index in [4.69, 9.17) is 4.52 Å². The first-order valence-corrected chi connectivity index (χ1v) is 6.44. The molecule has 1 atom stereocenters. The molecule has 0 saturated carbocycles. The molecule has 0 radical (unpaired) electrons. The van der Waals surface area contributed by atoms with Crippen LogP contribution in [0.5, 0.6) is 0 Å². The number of hydrogen-bond donors (Lipinski definition) is 1. The number of rotatable bonds is 3. The molecule has 2 heterocycles. The largest absolute Gasteiger partial charge is 0.361 e. The molecule has 1 aliphatic heterocycles. The lowest BCUT2D eigenvalue weighted by Crippen LogP contribution is -2.57. The second kappa shape index (κ2) is 6.39. The zero-order valence-electron chi connectivity index (χ0n) is 11.7. The summed E-state index contributed by atoms with van der Waals surface area (Å²) < 4.78 is 5.01. The molecule has 0 aromatic carbocycles. The van der Waals surface area contributed by atoms with Gasteiger partial charge in [-0.1, -0.05) is 5.16 Å². The molecule has 0 aliphatic carbocycles. The van der Waals surface area contributed by atoms with Crippen molar-refractivity contribution in [1.29, 1.82) is 0 Å². The first-order valence-electron chi connectivity index (χ1n) is 6.44. The Kier molecular flexibility index (Phi) is 5.38. The number of nitrogens with one attached hydrogen (secondary N) is 1. The SMILES string of the molecule is Cc1cc(CN(C)C(=O)C2(C)CCCCN2)no1.Cl. The number of halogens is 1. The van der Waals surface area contributed by atoms with Crippen molar-refractivity contribution in [2.75, 3.05) is 13.6 Å². The first-order chi connectivity index (χ1) is 8.51. The molecule has 1 amide bonds. The highest BCUT2D eigenvalue weighted by Gasteiger charge is 2.36. The van der Waals surface area contributed by atoms with Crippen LogP contribution in [0.25, 0.3) is 0 Å². The minimum absolute atomic E-state index is 0.